The number of nitrogens with zero attached hydrogens (tertiary/aromatic N) is 1. The molecule has 0 bridgehead atoms. The van der Waals surface area contributed by atoms with Crippen LogP contribution < -0.4 is 10.5 Å². The first-order valence-corrected chi connectivity index (χ1v) is 9.88. The third kappa shape index (κ3) is 4.90. The van der Waals surface area contributed by atoms with Gasteiger partial charge in [0, 0.05) is 29.4 Å². The first kappa shape index (κ1) is 20.3. The number of ether oxygens (including phenoxy) is 1. The topological polar surface area (TPSA) is 72.6 Å². The zero-order valence-corrected chi connectivity index (χ0v) is 17.0. The van der Waals surface area contributed by atoms with Gasteiger partial charge in [-0.2, -0.15) is 0 Å². The smallest absolute Gasteiger partial charge is 0.254 e. The van der Waals surface area contributed by atoms with Gasteiger partial charge in [0.25, 0.3) is 5.91 Å². The van der Waals surface area contributed by atoms with E-state index in [-0.39, 0.29) is 18.1 Å². The maximum atomic E-state index is 13.1. The SMILES string of the molecule is NC(=O)CC1(COc2ccc(F)cc2)CCN(C(=O)c2ccccc2Br)CC1. The van der Waals surface area contributed by atoms with Crippen LogP contribution in [0.5, 0.6) is 5.75 Å². The molecular formula is C21H22BrFN2O3. The number of carbonyl (C=O) groups excluding carboxylic acids is 2. The molecule has 7 heteroatoms. The fourth-order valence-corrected chi connectivity index (χ4v) is 3.95. The monoisotopic (exact) mass is 448 g/mol. The first-order chi connectivity index (χ1) is 13.4. The number of amides is 2. The van der Waals surface area contributed by atoms with Crippen LogP contribution in [0.25, 0.3) is 0 Å². The van der Waals surface area contributed by atoms with Crippen molar-refractivity contribution in [3.8, 4) is 5.75 Å². The molecule has 2 aromatic carbocycles. The van der Waals surface area contributed by atoms with Crippen LogP contribution in [0.2, 0.25) is 0 Å². The highest BCUT2D eigenvalue weighted by atomic mass is 79.9. The predicted octanol–water partition coefficient (Wildman–Crippen LogP) is 3.77. The number of benzene rings is 2. The van der Waals surface area contributed by atoms with Crippen LogP contribution in [0.3, 0.4) is 0 Å². The average Bonchev–Trinajstić information content (AvgIpc) is 2.68. The summed E-state index contributed by atoms with van der Waals surface area (Å²) in [7, 11) is 0. The number of hydrogen-bond donors (Lipinski definition) is 1. The normalized spacial score (nSPS) is 15.9. The van der Waals surface area contributed by atoms with E-state index in [2.05, 4.69) is 15.9 Å². The Hall–Kier alpha value is -2.41. The van der Waals surface area contributed by atoms with Gasteiger partial charge in [-0.3, -0.25) is 9.59 Å². The fourth-order valence-electron chi connectivity index (χ4n) is 3.50. The second-order valence-corrected chi connectivity index (χ2v) is 8.01. The van der Waals surface area contributed by atoms with E-state index in [0.717, 1.165) is 4.47 Å². The van der Waals surface area contributed by atoms with E-state index in [1.165, 1.54) is 12.1 Å². The molecule has 1 aliphatic heterocycles. The molecule has 28 heavy (non-hydrogen) atoms. The van der Waals surface area contributed by atoms with Crippen LogP contribution in [0.4, 0.5) is 4.39 Å². The molecule has 0 atom stereocenters. The fraction of sp³-hybridized carbons (Fsp3) is 0.333. The van der Waals surface area contributed by atoms with E-state index in [1.54, 1.807) is 23.1 Å². The summed E-state index contributed by atoms with van der Waals surface area (Å²) < 4.78 is 19.6. The van der Waals surface area contributed by atoms with E-state index in [0.29, 0.717) is 43.9 Å². The van der Waals surface area contributed by atoms with Crippen molar-refractivity contribution in [3.05, 3.63) is 64.4 Å². The largest absolute Gasteiger partial charge is 0.493 e. The molecule has 1 fully saturated rings. The number of halogens is 2. The molecule has 0 aromatic heterocycles. The van der Waals surface area contributed by atoms with Gasteiger partial charge in [0.2, 0.25) is 5.91 Å². The number of piperidine rings is 1. The Morgan fingerprint density at radius 2 is 1.75 bits per heavy atom. The second-order valence-electron chi connectivity index (χ2n) is 7.16. The molecule has 1 saturated heterocycles. The van der Waals surface area contributed by atoms with Gasteiger partial charge in [-0.1, -0.05) is 12.1 Å². The molecule has 1 aliphatic rings. The number of hydrogen-bond acceptors (Lipinski definition) is 3. The van der Waals surface area contributed by atoms with Crippen molar-refractivity contribution in [2.45, 2.75) is 19.3 Å². The molecule has 0 aliphatic carbocycles. The maximum absolute atomic E-state index is 13.1. The third-order valence-corrected chi connectivity index (χ3v) is 5.81. The molecule has 148 valence electrons. The summed E-state index contributed by atoms with van der Waals surface area (Å²) >= 11 is 3.42. The minimum absolute atomic E-state index is 0.0420. The lowest BCUT2D eigenvalue weighted by molar-refractivity contribution is -0.121. The van der Waals surface area contributed by atoms with Crippen molar-refractivity contribution in [3.63, 3.8) is 0 Å². The Morgan fingerprint density at radius 3 is 2.36 bits per heavy atom. The third-order valence-electron chi connectivity index (χ3n) is 5.12. The van der Waals surface area contributed by atoms with Crippen molar-refractivity contribution >= 4 is 27.7 Å². The molecule has 0 unspecified atom stereocenters. The average molecular weight is 449 g/mol. The quantitative estimate of drug-likeness (QED) is 0.730. The van der Waals surface area contributed by atoms with Crippen LogP contribution >= 0.6 is 15.9 Å². The molecule has 0 saturated carbocycles. The van der Waals surface area contributed by atoms with E-state index < -0.39 is 11.3 Å². The van der Waals surface area contributed by atoms with Crippen molar-refractivity contribution in [1.82, 2.24) is 4.90 Å². The summed E-state index contributed by atoms with van der Waals surface area (Å²) in [6.07, 6.45) is 1.39. The van der Waals surface area contributed by atoms with E-state index in [4.69, 9.17) is 10.5 Å². The van der Waals surface area contributed by atoms with E-state index in [1.807, 2.05) is 18.2 Å². The number of likely N-dealkylation sites (tertiary alicyclic amines) is 1. The summed E-state index contributed by atoms with van der Waals surface area (Å²) in [5, 5.41) is 0. The Balaban J connectivity index is 1.67. The Morgan fingerprint density at radius 1 is 1.11 bits per heavy atom. The van der Waals surface area contributed by atoms with Crippen LogP contribution in [0.15, 0.2) is 53.0 Å². The summed E-state index contributed by atoms with van der Waals surface area (Å²) in [6.45, 7) is 1.32. The summed E-state index contributed by atoms with van der Waals surface area (Å²) in [4.78, 5) is 26.2. The van der Waals surface area contributed by atoms with Gasteiger partial charge in [-0.25, -0.2) is 4.39 Å². The number of primary amides is 1. The lowest BCUT2D eigenvalue weighted by atomic mass is 9.76. The second kappa shape index (κ2) is 8.73. The van der Waals surface area contributed by atoms with Gasteiger partial charge >= 0.3 is 0 Å². The number of rotatable bonds is 6. The van der Waals surface area contributed by atoms with Gasteiger partial charge in [0.1, 0.15) is 11.6 Å². The van der Waals surface area contributed by atoms with Crippen molar-refractivity contribution < 1.29 is 18.7 Å². The Labute approximate surface area is 171 Å². The molecule has 2 amide bonds. The van der Waals surface area contributed by atoms with Crippen molar-refractivity contribution in [2.24, 2.45) is 11.1 Å². The Kier molecular flexibility index (Phi) is 6.34. The molecule has 3 rings (SSSR count). The van der Waals surface area contributed by atoms with Crippen LogP contribution in [-0.4, -0.2) is 36.4 Å². The molecule has 0 radical (unpaired) electrons. The minimum Gasteiger partial charge on any atom is -0.493 e. The maximum Gasteiger partial charge on any atom is 0.254 e. The summed E-state index contributed by atoms with van der Waals surface area (Å²) in [5.74, 6) is -0.233. The highest BCUT2D eigenvalue weighted by Crippen LogP contribution is 2.36. The van der Waals surface area contributed by atoms with Gasteiger partial charge < -0.3 is 15.4 Å². The zero-order valence-electron chi connectivity index (χ0n) is 15.4. The molecule has 2 N–H and O–H groups in total. The number of nitrogens with two attached hydrogens (primary N) is 1. The van der Waals surface area contributed by atoms with Crippen LogP contribution in [0, 0.1) is 11.2 Å². The highest BCUT2D eigenvalue weighted by Gasteiger charge is 2.38. The first-order valence-electron chi connectivity index (χ1n) is 9.09. The standard InChI is InChI=1S/C21H22BrFN2O3/c22-18-4-2-1-3-17(18)20(27)25-11-9-21(10-12-25,13-19(24)26)14-28-16-7-5-15(23)6-8-16/h1-8H,9-14H2,(H2,24,26). The van der Waals surface area contributed by atoms with Gasteiger partial charge in [-0.05, 0) is 65.2 Å². The van der Waals surface area contributed by atoms with Crippen LogP contribution in [-0.2, 0) is 4.79 Å². The Bertz CT molecular complexity index is 849. The molecule has 1 heterocycles. The van der Waals surface area contributed by atoms with Gasteiger partial charge in [0.15, 0.2) is 0 Å². The lowest BCUT2D eigenvalue weighted by Gasteiger charge is -2.41. The van der Waals surface area contributed by atoms with E-state index >= 15 is 0 Å². The highest BCUT2D eigenvalue weighted by molar-refractivity contribution is 9.10. The number of carbonyl (C=O) groups is 2. The van der Waals surface area contributed by atoms with Crippen LogP contribution in [0.1, 0.15) is 29.6 Å². The van der Waals surface area contributed by atoms with E-state index in [9.17, 15) is 14.0 Å². The van der Waals surface area contributed by atoms with Gasteiger partial charge in [0.05, 0.1) is 12.2 Å². The molecule has 5 nitrogen and oxygen atoms in total. The molecule has 2 aromatic rings. The van der Waals surface area contributed by atoms with Crippen molar-refractivity contribution in [1.29, 1.82) is 0 Å². The minimum atomic E-state index is -0.440. The molecular weight excluding hydrogens is 427 g/mol. The lowest BCUT2D eigenvalue weighted by Crippen LogP contribution is -2.47. The summed E-state index contributed by atoms with van der Waals surface area (Å²) in [5.41, 5.74) is 5.65. The predicted molar refractivity (Wildman–Crippen MR) is 107 cm³/mol. The zero-order chi connectivity index (χ0) is 20.1. The molecule has 0 spiro atoms. The van der Waals surface area contributed by atoms with Crippen molar-refractivity contribution in [2.75, 3.05) is 19.7 Å². The summed E-state index contributed by atoms with van der Waals surface area (Å²) in [6, 6.07) is 13.1. The van der Waals surface area contributed by atoms with Gasteiger partial charge in [-0.15, -0.1) is 0 Å².